The van der Waals surface area contributed by atoms with Crippen LogP contribution in [0.15, 0.2) is 30.3 Å². The van der Waals surface area contributed by atoms with Gasteiger partial charge in [0, 0.05) is 51.4 Å². The van der Waals surface area contributed by atoms with Crippen molar-refractivity contribution in [1.82, 2.24) is 9.80 Å². The average molecular weight is 329 g/mol. The van der Waals surface area contributed by atoms with Crippen molar-refractivity contribution in [3.63, 3.8) is 0 Å². The molecule has 1 unspecified atom stereocenters. The van der Waals surface area contributed by atoms with E-state index >= 15 is 0 Å². The first-order valence-electron chi connectivity index (χ1n) is 8.91. The number of anilines is 1. The Hall–Kier alpha value is -1.88. The van der Waals surface area contributed by atoms with E-state index in [1.54, 1.807) is 4.90 Å². The van der Waals surface area contributed by atoms with Gasteiger partial charge in [0.2, 0.25) is 11.8 Å². The van der Waals surface area contributed by atoms with Gasteiger partial charge in [-0.25, -0.2) is 0 Å². The topological polar surface area (TPSA) is 43.9 Å². The van der Waals surface area contributed by atoms with E-state index in [4.69, 9.17) is 0 Å². The summed E-state index contributed by atoms with van der Waals surface area (Å²) in [5, 5.41) is 0. The van der Waals surface area contributed by atoms with Crippen LogP contribution in [0.5, 0.6) is 0 Å². The molecule has 0 bridgehead atoms. The van der Waals surface area contributed by atoms with Crippen LogP contribution in [0.25, 0.3) is 0 Å². The molecule has 130 valence electrons. The number of amides is 2. The lowest BCUT2D eigenvalue weighted by atomic mass is 10.1. The Morgan fingerprint density at radius 1 is 1.12 bits per heavy atom. The zero-order valence-electron chi connectivity index (χ0n) is 14.6. The molecule has 0 aliphatic carbocycles. The van der Waals surface area contributed by atoms with E-state index < -0.39 is 0 Å². The summed E-state index contributed by atoms with van der Waals surface area (Å²) >= 11 is 0. The van der Waals surface area contributed by atoms with Crippen molar-refractivity contribution in [2.24, 2.45) is 11.8 Å². The summed E-state index contributed by atoms with van der Waals surface area (Å²) in [6.45, 7) is 9.47. The van der Waals surface area contributed by atoms with Gasteiger partial charge in [-0.1, -0.05) is 32.0 Å². The van der Waals surface area contributed by atoms with Crippen LogP contribution < -0.4 is 4.90 Å². The molecule has 1 aromatic carbocycles. The van der Waals surface area contributed by atoms with Crippen LogP contribution in [-0.2, 0) is 9.59 Å². The minimum atomic E-state index is -0.200. The molecule has 0 spiro atoms. The average Bonchev–Trinajstić information content (AvgIpc) is 2.97. The maximum atomic E-state index is 12.8. The Bertz CT molecular complexity index is 580. The lowest BCUT2D eigenvalue weighted by molar-refractivity contribution is -0.137. The number of rotatable bonds is 4. The van der Waals surface area contributed by atoms with E-state index in [0.29, 0.717) is 18.9 Å². The van der Waals surface area contributed by atoms with Gasteiger partial charge in [0.05, 0.1) is 5.92 Å². The van der Waals surface area contributed by atoms with Gasteiger partial charge < -0.3 is 9.80 Å². The Morgan fingerprint density at radius 3 is 2.42 bits per heavy atom. The maximum absolute atomic E-state index is 12.8. The highest BCUT2D eigenvalue weighted by Gasteiger charge is 2.37. The van der Waals surface area contributed by atoms with E-state index in [1.807, 2.05) is 35.2 Å². The molecule has 2 saturated heterocycles. The summed E-state index contributed by atoms with van der Waals surface area (Å²) in [4.78, 5) is 31.2. The van der Waals surface area contributed by atoms with E-state index in [0.717, 1.165) is 38.4 Å². The highest BCUT2D eigenvalue weighted by molar-refractivity contribution is 6.00. The van der Waals surface area contributed by atoms with Crippen LogP contribution in [0.2, 0.25) is 0 Å². The fraction of sp³-hybridized carbons (Fsp3) is 0.579. The Balaban J connectivity index is 1.56. The molecule has 0 aromatic heterocycles. The number of hydrogen-bond donors (Lipinski definition) is 0. The van der Waals surface area contributed by atoms with Crippen LogP contribution in [0, 0.1) is 11.8 Å². The minimum Gasteiger partial charge on any atom is -0.340 e. The molecule has 3 rings (SSSR count). The van der Waals surface area contributed by atoms with Gasteiger partial charge in [-0.3, -0.25) is 14.5 Å². The number of carbonyl (C=O) groups excluding carboxylic acids is 2. The number of nitrogens with zero attached hydrogens (tertiary/aromatic N) is 3. The van der Waals surface area contributed by atoms with Crippen molar-refractivity contribution >= 4 is 17.5 Å². The van der Waals surface area contributed by atoms with Crippen molar-refractivity contribution in [1.29, 1.82) is 0 Å². The van der Waals surface area contributed by atoms with Crippen LogP contribution in [0.1, 0.15) is 20.3 Å². The van der Waals surface area contributed by atoms with Gasteiger partial charge in [-0.2, -0.15) is 0 Å². The fourth-order valence-corrected chi connectivity index (χ4v) is 3.66. The molecule has 0 saturated carbocycles. The maximum Gasteiger partial charge on any atom is 0.228 e. The lowest BCUT2D eigenvalue weighted by Gasteiger charge is -2.36. The second-order valence-corrected chi connectivity index (χ2v) is 7.26. The van der Waals surface area contributed by atoms with Crippen molar-refractivity contribution in [3.05, 3.63) is 30.3 Å². The zero-order chi connectivity index (χ0) is 17.1. The van der Waals surface area contributed by atoms with Gasteiger partial charge in [0.1, 0.15) is 0 Å². The number of hydrogen-bond acceptors (Lipinski definition) is 3. The second kappa shape index (κ2) is 7.34. The lowest BCUT2D eigenvalue weighted by Crippen LogP contribution is -2.51. The molecule has 24 heavy (non-hydrogen) atoms. The van der Waals surface area contributed by atoms with Crippen LogP contribution in [0.4, 0.5) is 5.69 Å². The first-order chi connectivity index (χ1) is 11.5. The molecule has 2 aliphatic heterocycles. The first kappa shape index (κ1) is 17.0. The zero-order valence-corrected chi connectivity index (χ0v) is 14.6. The molecule has 5 heteroatoms. The highest BCUT2D eigenvalue weighted by atomic mass is 16.2. The molecular weight excluding hydrogens is 302 g/mol. The smallest absolute Gasteiger partial charge is 0.228 e. The van der Waals surface area contributed by atoms with Gasteiger partial charge in [0.15, 0.2) is 0 Å². The van der Waals surface area contributed by atoms with Crippen LogP contribution in [-0.4, -0.2) is 60.9 Å². The SMILES string of the molecule is CC(C)CN1CCN(C(=O)C2CC(=O)N(c3ccccc3)C2)CC1. The molecule has 0 radical (unpaired) electrons. The fourth-order valence-electron chi connectivity index (χ4n) is 3.66. The molecule has 0 N–H and O–H groups in total. The number of piperazine rings is 1. The van der Waals surface area contributed by atoms with E-state index in [9.17, 15) is 9.59 Å². The third-order valence-electron chi connectivity index (χ3n) is 4.85. The number of benzene rings is 1. The van der Waals surface area contributed by atoms with Crippen molar-refractivity contribution in [2.75, 3.05) is 44.2 Å². The van der Waals surface area contributed by atoms with E-state index in [2.05, 4.69) is 18.7 Å². The third kappa shape index (κ3) is 3.78. The molecule has 2 aliphatic rings. The van der Waals surface area contributed by atoms with Crippen LogP contribution in [0.3, 0.4) is 0 Å². The standard InChI is InChI=1S/C19H27N3O2/c1-15(2)13-20-8-10-21(11-9-20)19(24)16-12-18(23)22(14-16)17-6-4-3-5-7-17/h3-7,15-16H,8-14H2,1-2H3. The summed E-state index contributed by atoms with van der Waals surface area (Å²) in [5.41, 5.74) is 0.888. The predicted octanol–water partition coefficient (Wildman–Crippen LogP) is 1.84. The Kier molecular flexibility index (Phi) is 5.19. The normalized spacial score (nSPS) is 22.5. The second-order valence-electron chi connectivity index (χ2n) is 7.26. The van der Waals surface area contributed by atoms with Gasteiger partial charge in [-0.05, 0) is 18.1 Å². The summed E-state index contributed by atoms with van der Waals surface area (Å²) in [6.07, 6.45) is 0.333. The molecule has 5 nitrogen and oxygen atoms in total. The Morgan fingerprint density at radius 2 is 1.79 bits per heavy atom. The molecule has 2 fully saturated rings. The summed E-state index contributed by atoms with van der Waals surface area (Å²) < 4.78 is 0. The largest absolute Gasteiger partial charge is 0.340 e. The van der Waals surface area contributed by atoms with E-state index in [-0.39, 0.29) is 17.7 Å². The minimum absolute atomic E-state index is 0.0537. The number of carbonyl (C=O) groups is 2. The summed E-state index contributed by atoms with van der Waals surface area (Å²) in [6, 6.07) is 9.63. The van der Waals surface area contributed by atoms with Gasteiger partial charge in [0.25, 0.3) is 0 Å². The monoisotopic (exact) mass is 329 g/mol. The summed E-state index contributed by atoms with van der Waals surface area (Å²) in [5.74, 6) is 0.650. The molecule has 2 amide bonds. The first-order valence-corrected chi connectivity index (χ1v) is 8.91. The van der Waals surface area contributed by atoms with Crippen molar-refractivity contribution in [3.8, 4) is 0 Å². The van der Waals surface area contributed by atoms with Gasteiger partial charge in [-0.15, -0.1) is 0 Å². The predicted molar refractivity (Wildman–Crippen MR) is 94.8 cm³/mol. The van der Waals surface area contributed by atoms with E-state index in [1.165, 1.54) is 0 Å². The van der Waals surface area contributed by atoms with Crippen molar-refractivity contribution in [2.45, 2.75) is 20.3 Å². The Labute approximate surface area is 144 Å². The molecule has 1 atom stereocenters. The highest BCUT2D eigenvalue weighted by Crippen LogP contribution is 2.26. The number of para-hydroxylation sites is 1. The van der Waals surface area contributed by atoms with Crippen molar-refractivity contribution < 1.29 is 9.59 Å². The van der Waals surface area contributed by atoms with Gasteiger partial charge >= 0.3 is 0 Å². The van der Waals surface area contributed by atoms with Crippen LogP contribution >= 0.6 is 0 Å². The third-order valence-corrected chi connectivity index (χ3v) is 4.85. The molecule has 2 heterocycles. The molecular formula is C19H27N3O2. The molecule has 1 aromatic rings. The summed E-state index contributed by atoms with van der Waals surface area (Å²) in [7, 11) is 0. The quantitative estimate of drug-likeness (QED) is 0.847.